The molecule has 0 radical (unpaired) electrons. The molecule has 0 aromatic carbocycles. The van der Waals surface area contributed by atoms with E-state index in [1.807, 2.05) is 0 Å². The molecule has 0 aromatic heterocycles. The summed E-state index contributed by atoms with van der Waals surface area (Å²) < 4.78 is 10.7. The van der Waals surface area contributed by atoms with Gasteiger partial charge in [-0.1, -0.05) is 6.58 Å². The van der Waals surface area contributed by atoms with Crippen molar-refractivity contribution in [1.82, 2.24) is 0 Å². The molecule has 1 rings (SSSR count). The monoisotopic (exact) mass is 366 g/mol. The average Bonchev–Trinajstić information content (AvgIpc) is 2.55. The SMILES string of the molecule is C=C(CC[C@@H](O)C(C)(C)O)[C@@H](CO)O[C@@H]1O[C@H](CO)[C@@H](O)[C@H](O)[C@H]1O. The normalized spacial score (nSPS) is 33.1. The molecule has 1 fully saturated rings. The molecular weight excluding hydrogens is 336 g/mol. The highest BCUT2D eigenvalue weighted by atomic mass is 16.7. The largest absolute Gasteiger partial charge is 0.394 e. The van der Waals surface area contributed by atoms with Crippen molar-refractivity contribution >= 4 is 0 Å². The zero-order chi connectivity index (χ0) is 19.4. The maximum atomic E-state index is 9.95. The number of aliphatic hydroxyl groups is 7. The fourth-order valence-electron chi connectivity index (χ4n) is 2.45. The molecule has 25 heavy (non-hydrogen) atoms. The second-order valence-electron chi connectivity index (χ2n) is 6.87. The Kier molecular flexibility index (Phi) is 8.39. The lowest BCUT2D eigenvalue weighted by Gasteiger charge is -2.41. The van der Waals surface area contributed by atoms with Crippen molar-refractivity contribution in [3.8, 4) is 0 Å². The standard InChI is InChI=1S/C16H30O9/c1-8(4-5-11(19)16(2,3)23)9(6-17)24-15-14(22)13(21)12(20)10(7-18)25-15/h9-15,17-23H,1,4-7H2,2-3H3/t9-,10-,11-,12-,13+,14-,15-/m1/s1. The summed E-state index contributed by atoms with van der Waals surface area (Å²) in [5, 5.41) is 67.6. The van der Waals surface area contributed by atoms with E-state index < -0.39 is 61.7 Å². The number of ether oxygens (including phenoxy) is 2. The molecule has 0 bridgehead atoms. The van der Waals surface area contributed by atoms with Gasteiger partial charge in [0.15, 0.2) is 6.29 Å². The van der Waals surface area contributed by atoms with Crippen molar-refractivity contribution in [2.24, 2.45) is 0 Å². The predicted molar refractivity (Wildman–Crippen MR) is 86.4 cm³/mol. The molecule has 9 nitrogen and oxygen atoms in total. The van der Waals surface area contributed by atoms with Gasteiger partial charge in [0.25, 0.3) is 0 Å². The first-order valence-electron chi connectivity index (χ1n) is 8.17. The van der Waals surface area contributed by atoms with Crippen LogP contribution in [-0.4, -0.2) is 97.5 Å². The van der Waals surface area contributed by atoms with Gasteiger partial charge in [0.1, 0.15) is 30.5 Å². The van der Waals surface area contributed by atoms with E-state index in [9.17, 15) is 30.6 Å². The van der Waals surface area contributed by atoms with Crippen LogP contribution in [0.3, 0.4) is 0 Å². The van der Waals surface area contributed by atoms with E-state index in [1.54, 1.807) is 0 Å². The third kappa shape index (κ3) is 5.95. The minimum absolute atomic E-state index is 0.177. The number of hydrogen-bond donors (Lipinski definition) is 7. The second-order valence-corrected chi connectivity index (χ2v) is 6.87. The Morgan fingerprint density at radius 3 is 2.24 bits per heavy atom. The van der Waals surface area contributed by atoms with Crippen molar-refractivity contribution in [1.29, 1.82) is 0 Å². The van der Waals surface area contributed by atoms with Crippen molar-refractivity contribution in [3.63, 3.8) is 0 Å². The van der Waals surface area contributed by atoms with Crippen LogP contribution in [0.4, 0.5) is 0 Å². The third-order valence-corrected chi connectivity index (χ3v) is 4.32. The molecule has 1 heterocycles. The molecule has 0 spiro atoms. The third-order valence-electron chi connectivity index (χ3n) is 4.32. The minimum atomic E-state index is -1.58. The topological polar surface area (TPSA) is 160 Å². The van der Waals surface area contributed by atoms with Crippen LogP contribution in [0.5, 0.6) is 0 Å². The van der Waals surface area contributed by atoms with Gasteiger partial charge in [-0.3, -0.25) is 0 Å². The van der Waals surface area contributed by atoms with Gasteiger partial charge >= 0.3 is 0 Å². The summed E-state index contributed by atoms with van der Waals surface area (Å²) in [6.45, 7) is 5.62. The molecule has 1 saturated heterocycles. The highest BCUT2D eigenvalue weighted by molar-refractivity contribution is 5.04. The first-order chi connectivity index (χ1) is 11.5. The van der Waals surface area contributed by atoms with E-state index in [0.29, 0.717) is 5.57 Å². The van der Waals surface area contributed by atoms with E-state index in [2.05, 4.69) is 6.58 Å². The Balaban J connectivity index is 2.66. The molecule has 1 aliphatic rings. The molecule has 1 aliphatic heterocycles. The molecule has 0 unspecified atom stereocenters. The molecular formula is C16H30O9. The summed E-state index contributed by atoms with van der Waals surface area (Å²) in [6, 6.07) is 0. The van der Waals surface area contributed by atoms with E-state index >= 15 is 0 Å². The molecule has 9 heteroatoms. The van der Waals surface area contributed by atoms with Gasteiger partial charge in [0.05, 0.1) is 24.9 Å². The van der Waals surface area contributed by atoms with E-state index in [-0.39, 0.29) is 12.8 Å². The zero-order valence-corrected chi connectivity index (χ0v) is 14.5. The van der Waals surface area contributed by atoms with Crippen molar-refractivity contribution in [3.05, 3.63) is 12.2 Å². The smallest absolute Gasteiger partial charge is 0.187 e. The Labute approximate surface area is 146 Å². The first-order valence-corrected chi connectivity index (χ1v) is 8.17. The summed E-state index contributed by atoms with van der Waals surface area (Å²) in [4.78, 5) is 0. The van der Waals surface area contributed by atoms with Crippen LogP contribution in [0.2, 0.25) is 0 Å². The van der Waals surface area contributed by atoms with Gasteiger partial charge < -0.3 is 45.2 Å². The predicted octanol–water partition coefficient (Wildman–Crippen LogP) is -2.37. The van der Waals surface area contributed by atoms with Gasteiger partial charge in [-0.05, 0) is 32.3 Å². The average molecular weight is 366 g/mol. The fourth-order valence-corrected chi connectivity index (χ4v) is 2.45. The van der Waals surface area contributed by atoms with E-state index in [0.717, 1.165) is 0 Å². The zero-order valence-electron chi connectivity index (χ0n) is 14.5. The van der Waals surface area contributed by atoms with Crippen LogP contribution in [0.25, 0.3) is 0 Å². The van der Waals surface area contributed by atoms with E-state index in [1.165, 1.54) is 13.8 Å². The van der Waals surface area contributed by atoms with Crippen LogP contribution >= 0.6 is 0 Å². The van der Waals surface area contributed by atoms with Crippen molar-refractivity contribution < 1.29 is 45.2 Å². The Bertz CT molecular complexity index is 420. The molecule has 7 atom stereocenters. The highest BCUT2D eigenvalue weighted by Crippen LogP contribution is 2.25. The number of rotatable bonds is 9. The summed E-state index contributed by atoms with van der Waals surface area (Å²) in [5.41, 5.74) is -0.893. The van der Waals surface area contributed by atoms with Crippen molar-refractivity contribution in [2.75, 3.05) is 13.2 Å². The first kappa shape index (κ1) is 22.4. The minimum Gasteiger partial charge on any atom is -0.394 e. The van der Waals surface area contributed by atoms with Gasteiger partial charge in [0.2, 0.25) is 0 Å². The van der Waals surface area contributed by atoms with E-state index in [4.69, 9.17) is 14.6 Å². The van der Waals surface area contributed by atoms with Gasteiger partial charge in [-0.25, -0.2) is 0 Å². The molecule has 0 saturated carbocycles. The second kappa shape index (κ2) is 9.36. The van der Waals surface area contributed by atoms with Crippen LogP contribution in [0.15, 0.2) is 12.2 Å². The Morgan fingerprint density at radius 2 is 1.76 bits per heavy atom. The maximum absolute atomic E-state index is 9.95. The molecule has 0 aromatic rings. The summed E-state index contributed by atoms with van der Waals surface area (Å²) >= 11 is 0. The van der Waals surface area contributed by atoms with Crippen LogP contribution < -0.4 is 0 Å². The summed E-state index contributed by atoms with van der Waals surface area (Å²) in [6.07, 6.45) is -8.73. The van der Waals surface area contributed by atoms with Gasteiger partial charge in [-0.15, -0.1) is 0 Å². The van der Waals surface area contributed by atoms with Crippen LogP contribution in [0, 0.1) is 0 Å². The summed E-state index contributed by atoms with van der Waals surface area (Å²) in [5.74, 6) is 0. The maximum Gasteiger partial charge on any atom is 0.187 e. The Morgan fingerprint density at radius 1 is 1.16 bits per heavy atom. The van der Waals surface area contributed by atoms with Crippen LogP contribution in [0.1, 0.15) is 26.7 Å². The number of aliphatic hydroxyl groups excluding tert-OH is 6. The molecule has 148 valence electrons. The van der Waals surface area contributed by atoms with Crippen molar-refractivity contribution in [2.45, 2.75) is 75.2 Å². The molecule has 0 aliphatic carbocycles. The highest BCUT2D eigenvalue weighted by Gasteiger charge is 2.45. The quantitative estimate of drug-likeness (QED) is 0.221. The summed E-state index contributed by atoms with van der Waals surface area (Å²) in [7, 11) is 0. The lowest BCUT2D eigenvalue weighted by atomic mass is 9.94. The Hall–Kier alpha value is -0.620. The van der Waals surface area contributed by atoms with Gasteiger partial charge in [0, 0.05) is 0 Å². The molecule has 0 amide bonds. The lowest BCUT2D eigenvalue weighted by molar-refractivity contribution is -0.310. The number of hydrogen-bond acceptors (Lipinski definition) is 9. The van der Waals surface area contributed by atoms with Gasteiger partial charge in [-0.2, -0.15) is 0 Å². The molecule has 7 N–H and O–H groups in total. The lowest BCUT2D eigenvalue weighted by Crippen LogP contribution is -2.59. The van der Waals surface area contributed by atoms with Crippen LogP contribution in [-0.2, 0) is 9.47 Å². The fraction of sp³-hybridized carbons (Fsp3) is 0.875.